The van der Waals surface area contributed by atoms with Crippen molar-refractivity contribution in [1.29, 1.82) is 0 Å². The maximum Gasteiger partial charge on any atom is 0.178 e. The summed E-state index contributed by atoms with van der Waals surface area (Å²) in [7, 11) is 0. The van der Waals surface area contributed by atoms with Crippen molar-refractivity contribution in [3.63, 3.8) is 0 Å². The Morgan fingerprint density at radius 3 is 1.98 bits per heavy atom. The Balaban J connectivity index is 1.13. The first kappa shape index (κ1) is 24.3. The quantitative estimate of drug-likeness (QED) is 0.199. The van der Waals surface area contributed by atoms with Crippen LogP contribution in [0.5, 0.6) is 11.5 Å². The van der Waals surface area contributed by atoms with Crippen molar-refractivity contribution in [1.82, 2.24) is 0 Å². The molecule has 2 heterocycles. The monoisotopic (exact) mass is 552 g/mol. The molecule has 43 heavy (non-hydrogen) atoms. The maximum atomic E-state index is 6.71. The Labute approximate surface area is 249 Å². The molecule has 2 heteroatoms. The molecule has 0 atom stereocenters. The third kappa shape index (κ3) is 3.53. The van der Waals surface area contributed by atoms with Crippen LogP contribution in [0.4, 0.5) is 0 Å². The van der Waals surface area contributed by atoms with Gasteiger partial charge in [0.1, 0.15) is 11.3 Å². The molecule has 2 nitrogen and oxygen atoms in total. The second kappa shape index (κ2) is 8.83. The Bertz CT molecular complexity index is 2390. The third-order valence-corrected chi connectivity index (χ3v) is 9.34. The van der Waals surface area contributed by atoms with Crippen LogP contribution in [-0.2, 0) is 5.41 Å². The topological polar surface area (TPSA) is 22.4 Å². The number of benzene rings is 7. The van der Waals surface area contributed by atoms with Crippen LogP contribution in [0.3, 0.4) is 0 Å². The molecular formula is C41H28O2. The predicted octanol–water partition coefficient (Wildman–Crippen LogP) is 11.7. The molecule has 0 aliphatic carbocycles. The van der Waals surface area contributed by atoms with E-state index in [2.05, 4.69) is 135 Å². The van der Waals surface area contributed by atoms with Gasteiger partial charge in [-0.1, -0.05) is 123 Å². The largest absolute Gasteiger partial charge is 0.453 e. The van der Waals surface area contributed by atoms with Gasteiger partial charge in [-0.25, -0.2) is 0 Å². The number of fused-ring (bicyclic) bond motifs is 9. The van der Waals surface area contributed by atoms with E-state index in [-0.39, 0.29) is 5.41 Å². The van der Waals surface area contributed by atoms with Crippen molar-refractivity contribution >= 4 is 43.5 Å². The highest BCUT2D eigenvalue weighted by Gasteiger charge is 2.36. The zero-order chi connectivity index (χ0) is 28.7. The van der Waals surface area contributed by atoms with Crippen molar-refractivity contribution in [2.24, 2.45) is 0 Å². The van der Waals surface area contributed by atoms with Gasteiger partial charge in [-0.2, -0.15) is 0 Å². The molecule has 8 aromatic rings. The molecule has 0 saturated carbocycles. The lowest BCUT2D eigenvalue weighted by molar-refractivity contribution is 0.415. The Morgan fingerprint density at radius 2 is 1.14 bits per heavy atom. The van der Waals surface area contributed by atoms with Gasteiger partial charge >= 0.3 is 0 Å². The minimum absolute atomic E-state index is 0.227. The highest BCUT2D eigenvalue weighted by Crippen LogP contribution is 2.52. The highest BCUT2D eigenvalue weighted by atomic mass is 16.5. The average Bonchev–Trinajstić information content (AvgIpc) is 3.44. The molecule has 1 aromatic heterocycles. The van der Waals surface area contributed by atoms with Crippen LogP contribution >= 0.6 is 0 Å². The molecule has 7 aromatic carbocycles. The minimum atomic E-state index is -0.227. The molecule has 1 aliphatic rings. The summed E-state index contributed by atoms with van der Waals surface area (Å²) in [6.45, 7) is 4.54. The zero-order valence-electron chi connectivity index (χ0n) is 24.0. The fraction of sp³-hybridized carbons (Fsp3) is 0.0732. The second-order valence-electron chi connectivity index (χ2n) is 12.1. The van der Waals surface area contributed by atoms with Crippen LogP contribution in [-0.4, -0.2) is 0 Å². The first-order valence-corrected chi connectivity index (χ1v) is 14.8. The summed E-state index contributed by atoms with van der Waals surface area (Å²) in [5.74, 6) is 1.70. The maximum absolute atomic E-state index is 6.71. The zero-order valence-corrected chi connectivity index (χ0v) is 24.0. The molecule has 0 amide bonds. The Hall–Kier alpha value is -5.34. The molecule has 0 radical (unpaired) electrons. The molecule has 9 rings (SSSR count). The van der Waals surface area contributed by atoms with E-state index >= 15 is 0 Å². The van der Waals surface area contributed by atoms with Crippen LogP contribution in [0.25, 0.3) is 65.7 Å². The van der Waals surface area contributed by atoms with Crippen LogP contribution in [0.2, 0.25) is 0 Å². The van der Waals surface area contributed by atoms with Crippen molar-refractivity contribution in [2.75, 3.05) is 0 Å². The number of ether oxygens (including phenoxy) is 1. The van der Waals surface area contributed by atoms with Gasteiger partial charge in [-0.15, -0.1) is 0 Å². The summed E-state index contributed by atoms with van der Waals surface area (Å²) in [5.41, 5.74) is 8.54. The summed E-state index contributed by atoms with van der Waals surface area (Å²) < 4.78 is 13.1. The van der Waals surface area contributed by atoms with E-state index in [1.54, 1.807) is 0 Å². The molecule has 0 bridgehead atoms. The van der Waals surface area contributed by atoms with Crippen LogP contribution in [0.15, 0.2) is 138 Å². The van der Waals surface area contributed by atoms with E-state index < -0.39 is 0 Å². The van der Waals surface area contributed by atoms with Crippen LogP contribution < -0.4 is 4.74 Å². The average molecular weight is 553 g/mol. The van der Waals surface area contributed by atoms with E-state index in [0.717, 1.165) is 50.1 Å². The molecule has 0 spiro atoms. The van der Waals surface area contributed by atoms with E-state index in [4.69, 9.17) is 9.15 Å². The van der Waals surface area contributed by atoms with Gasteiger partial charge in [-0.3, -0.25) is 0 Å². The van der Waals surface area contributed by atoms with Gasteiger partial charge in [-0.05, 0) is 68.1 Å². The molecule has 0 saturated heterocycles. The number of para-hydroxylation sites is 1. The number of hydrogen-bond donors (Lipinski definition) is 0. The third-order valence-electron chi connectivity index (χ3n) is 9.34. The second-order valence-corrected chi connectivity index (χ2v) is 12.1. The van der Waals surface area contributed by atoms with Crippen LogP contribution in [0.1, 0.15) is 25.0 Å². The van der Waals surface area contributed by atoms with E-state index in [9.17, 15) is 0 Å². The summed E-state index contributed by atoms with van der Waals surface area (Å²) in [4.78, 5) is 0. The number of furan rings is 1. The van der Waals surface area contributed by atoms with Gasteiger partial charge in [0.2, 0.25) is 0 Å². The Kier molecular flexibility index (Phi) is 4.99. The fourth-order valence-corrected chi connectivity index (χ4v) is 7.05. The van der Waals surface area contributed by atoms with Gasteiger partial charge in [0.15, 0.2) is 11.3 Å². The lowest BCUT2D eigenvalue weighted by Gasteiger charge is -2.34. The van der Waals surface area contributed by atoms with E-state index in [0.29, 0.717) is 0 Å². The summed E-state index contributed by atoms with van der Waals surface area (Å²) >= 11 is 0. The van der Waals surface area contributed by atoms with E-state index in [1.807, 2.05) is 12.1 Å². The first-order valence-electron chi connectivity index (χ1n) is 14.8. The summed E-state index contributed by atoms with van der Waals surface area (Å²) in [6, 6.07) is 47.8. The molecule has 0 unspecified atom stereocenters. The Morgan fingerprint density at radius 1 is 0.488 bits per heavy atom. The predicted molar refractivity (Wildman–Crippen MR) is 178 cm³/mol. The molecule has 1 aliphatic heterocycles. The van der Waals surface area contributed by atoms with Crippen molar-refractivity contribution in [2.45, 2.75) is 19.3 Å². The lowest BCUT2D eigenvalue weighted by atomic mass is 9.75. The standard InChI is InChI=1S/C41H28O2/c1-41(2)35-21-19-27(24-38(35)43-40-36(41)22-20-33-32-13-7-8-14-37(32)42-39(33)40)25-15-17-26(18-16-25)34-23-28-9-3-4-10-29(28)30-11-5-6-12-31(30)34/h3-24H,1-2H3. The van der Waals surface area contributed by atoms with E-state index in [1.165, 1.54) is 38.2 Å². The van der Waals surface area contributed by atoms with Crippen molar-refractivity contribution in [3.05, 3.63) is 145 Å². The highest BCUT2D eigenvalue weighted by molar-refractivity contribution is 6.13. The van der Waals surface area contributed by atoms with Gasteiger partial charge in [0.25, 0.3) is 0 Å². The molecule has 0 N–H and O–H groups in total. The van der Waals surface area contributed by atoms with Gasteiger partial charge < -0.3 is 9.15 Å². The fourth-order valence-electron chi connectivity index (χ4n) is 7.05. The molecule has 0 fully saturated rings. The summed E-state index contributed by atoms with van der Waals surface area (Å²) in [6.07, 6.45) is 0. The van der Waals surface area contributed by atoms with Gasteiger partial charge in [0, 0.05) is 27.3 Å². The van der Waals surface area contributed by atoms with Crippen molar-refractivity contribution in [3.8, 4) is 33.8 Å². The number of hydrogen-bond acceptors (Lipinski definition) is 2. The summed E-state index contributed by atoms with van der Waals surface area (Å²) in [5, 5.41) is 7.30. The number of rotatable bonds is 2. The van der Waals surface area contributed by atoms with Gasteiger partial charge in [0.05, 0.1) is 0 Å². The lowest BCUT2D eigenvalue weighted by Crippen LogP contribution is -2.24. The molecule has 204 valence electrons. The van der Waals surface area contributed by atoms with Crippen LogP contribution in [0, 0.1) is 0 Å². The normalized spacial score (nSPS) is 13.7. The minimum Gasteiger partial charge on any atom is -0.453 e. The SMILES string of the molecule is CC1(C)c2ccc(-c3ccc(-c4cc5ccccc5c5ccccc45)cc3)cc2Oc2c1ccc1c2oc2ccccc21. The first-order chi connectivity index (χ1) is 21.1. The molecular weight excluding hydrogens is 524 g/mol. The van der Waals surface area contributed by atoms with Crippen molar-refractivity contribution < 1.29 is 9.15 Å². The smallest absolute Gasteiger partial charge is 0.178 e.